The third-order valence-electron chi connectivity index (χ3n) is 5.78. The first-order chi connectivity index (χ1) is 17.0. The number of pyridine rings is 1. The number of rotatable bonds is 10. The number of benzene rings is 1. The monoisotopic (exact) mass is 493 g/mol. The lowest BCUT2D eigenvalue weighted by molar-refractivity contribution is 0.422. The number of nitrogens with zero attached hydrogens (tertiary/aromatic N) is 5. The summed E-state index contributed by atoms with van der Waals surface area (Å²) in [5.74, 6) is 0.345. The first-order valence-corrected chi connectivity index (χ1v) is 12.2. The molecule has 35 heavy (non-hydrogen) atoms. The topological polar surface area (TPSA) is 107 Å². The van der Waals surface area contributed by atoms with E-state index in [0.29, 0.717) is 23.0 Å². The minimum Gasteiger partial charge on any atom is -0.493 e. The second kappa shape index (κ2) is 11.3. The Hall–Kier alpha value is -3.52. The van der Waals surface area contributed by atoms with Crippen molar-refractivity contribution in [2.75, 3.05) is 0 Å². The number of hydrogen-bond donors (Lipinski definition) is 1. The molecule has 0 saturated carbocycles. The van der Waals surface area contributed by atoms with Crippen molar-refractivity contribution in [1.82, 2.24) is 24.7 Å². The Bertz CT molecular complexity index is 1320. The van der Waals surface area contributed by atoms with Gasteiger partial charge in [0.15, 0.2) is 5.56 Å². The van der Waals surface area contributed by atoms with Gasteiger partial charge in [0, 0.05) is 18.3 Å². The number of unbranched alkanes of at least 4 members (excludes halogenated alkanes) is 1. The molecule has 0 radical (unpaired) electrons. The van der Waals surface area contributed by atoms with Gasteiger partial charge in [0.1, 0.15) is 5.82 Å². The highest BCUT2D eigenvalue weighted by molar-refractivity contribution is 6.30. The Morgan fingerprint density at radius 3 is 2.57 bits per heavy atom. The van der Waals surface area contributed by atoms with E-state index in [2.05, 4.69) is 34.0 Å². The van der Waals surface area contributed by atoms with Crippen molar-refractivity contribution in [1.29, 1.82) is 0 Å². The molecule has 0 aliphatic rings. The predicted molar refractivity (Wildman–Crippen MR) is 134 cm³/mol. The van der Waals surface area contributed by atoms with Crippen molar-refractivity contribution < 1.29 is 9.52 Å². The van der Waals surface area contributed by atoms with E-state index in [1.807, 2.05) is 30.3 Å². The van der Waals surface area contributed by atoms with Crippen LogP contribution in [0.15, 0.2) is 57.9 Å². The molecule has 0 saturated heterocycles. The molecule has 4 rings (SSSR count). The van der Waals surface area contributed by atoms with Gasteiger partial charge in [0.2, 0.25) is 11.8 Å². The van der Waals surface area contributed by atoms with Crippen LogP contribution in [0.5, 0.6) is 5.88 Å². The van der Waals surface area contributed by atoms with Crippen LogP contribution in [-0.4, -0.2) is 29.8 Å². The normalized spacial score (nSPS) is 12.1. The lowest BCUT2D eigenvalue weighted by Crippen LogP contribution is -2.31. The Morgan fingerprint density at radius 1 is 1.09 bits per heavy atom. The molecule has 0 aliphatic carbocycles. The van der Waals surface area contributed by atoms with Gasteiger partial charge in [0.05, 0.1) is 17.5 Å². The first kappa shape index (κ1) is 24.6. The van der Waals surface area contributed by atoms with Crippen molar-refractivity contribution in [3.63, 3.8) is 0 Å². The summed E-state index contributed by atoms with van der Waals surface area (Å²) in [5, 5.41) is 19.4. The van der Waals surface area contributed by atoms with E-state index in [0.717, 1.165) is 31.2 Å². The standard InChI is InChI=1S/C26H28ClN5O3/c1-3-5-12-21-29-24(33)23(25-31-30-22(35-25)15-19-14-13-18(27)16-28-19)26(34)32(21)20(9-4-2)17-10-7-6-8-11-17/h6-8,10-11,13-14,16,20,33H,3-5,9,12,15H2,1-2H3. The Balaban J connectivity index is 1.79. The van der Waals surface area contributed by atoms with Gasteiger partial charge in [-0.2, -0.15) is 4.98 Å². The molecule has 0 bridgehead atoms. The van der Waals surface area contributed by atoms with Gasteiger partial charge in [0.25, 0.3) is 11.4 Å². The molecule has 3 heterocycles. The number of aromatic hydroxyl groups is 1. The highest BCUT2D eigenvalue weighted by Crippen LogP contribution is 2.29. The van der Waals surface area contributed by atoms with Gasteiger partial charge in [-0.15, -0.1) is 10.2 Å². The maximum absolute atomic E-state index is 13.9. The zero-order valence-corrected chi connectivity index (χ0v) is 20.6. The average Bonchev–Trinajstić information content (AvgIpc) is 3.31. The van der Waals surface area contributed by atoms with Gasteiger partial charge in [-0.3, -0.25) is 14.3 Å². The van der Waals surface area contributed by atoms with Crippen molar-refractivity contribution in [3.05, 3.63) is 87.0 Å². The summed E-state index contributed by atoms with van der Waals surface area (Å²) in [5.41, 5.74) is 1.20. The van der Waals surface area contributed by atoms with E-state index in [4.69, 9.17) is 16.0 Å². The summed E-state index contributed by atoms with van der Waals surface area (Å²) in [4.78, 5) is 22.6. The van der Waals surface area contributed by atoms with E-state index in [1.165, 1.54) is 6.20 Å². The molecule has 1 N–H and O–H groups in total. The molecule has 4 aromatic rings. The van der Waals surface area contributed by atoms with Crippen LogP contribution in [0.25, 0.3) is 11.5 Å². The van der Waals surface area contributed by atoms with Crippen LogP contribution < -0.4 is 5.56 Å². The summed E-state index contributed by atoms with van der Waals surface area (Å²) < 4.78 is 7.47. The van der Waals surface area contributed by atoms with Crippen LogP contribution in [0.1, 0.15) is 68.5 Å². The zero-order valence-electron chi connectivity index (χ0n) is 19.8. The van der Waals surface area contributed by atoms with Gasteiger partial charge >= 0.3 is 0 Å². The SMILES string of the molecule is CCCCc1nc(O)c(-c2nnc(Cc3ccc(Cl)cn3)o2)c(=O)n1C(CCC)c1ccccc1. The van der Waals surface area contributed by atoms with Crippen LogP contribution >= 0.6 is 11.6 Å². The quantitative estimate of drug-likeness (QED) is 0.316. The molecule has 1 unspecified atom stereocenters. The van der Waals surface area contributed by atoms with E-state index >= 15 is 0 Å². The molecule has 1 aromatic carbocycles. The summed E-state index contributed by atoms with van der Waals surface area (Å²) in [6.07, 6.45) is 5.77. The predicted octanol–water partition coefficient (Wildman–Crippen LogP) is 5.37. The third kappa shape index (κ3) is 5.59. The Kier molecular flexibility index (Phi) is 7.92. The highest BCUT2D eigenvalue weighted by atomic mass is 35.5. The summed E-state index contributed by atoms with van der Waals surface area (Å²) in [6.45, 7) is 4.16. The molecule has 0 fully saturated rings. The molecular formula is C26H28ClN5O3. The molecule has 1 atom stereocenters. The molecule has 0 amide bonds. The second-order valence-corrected chi connectivity index (χ2v) is 8.80. The maximum Gasteiger partial charge on any atom is 0.270 e. The lowest BCUT2D eigenvalue weighted by Gasteiger charge is -2.23. The molecule has 8 nitrogen and oxygen atoms in total. The third-order valence-corrected chi connectivity index (χ3v) is 6.01. The molecule has 0 aliphatic heterocycles. The zero-order chi connectivity index (χ0) is 24.8. The Labute approximate surface area is 208 Å². The second-order valence-electron chi connectivity index (χ2n) is 8.37. The maximum atomic E-state index is 13.9. The summed E-state index contributed by atoms with van der Waals surface area (Å²) >= 11 is 5.90. The van der Waals surface area contributed by atoms with Gasteiger partial charge < -0.3 is 9.52 Å². The minimum absolute atomic E-state index is 0.0666. The van der Waals surface area contributed by atoms with Crippen molar-refractivity contribution in [2.24, 2.45) is 0 Å². The van der Waals surface area contributed by atoms with Crippen molar-refractivity contribution in [3.8, 4) is 17.3 Å². The number of aromatic nitrogens is 5. The Morgan fingerprint density at radius 2 is 1.89 bits per heavy atom. The van der Waals surface area contributed by atoms with E-state index < -0.39 is 11.4 Å². The van der Waals surface area contributed by atoms with Gasteiger partial charge in [-0.25, -0.2) is 0 Å². The van der Waals surface area contributed by atoms with Crippen LogP contribution in [0.4, 0.5) is 0 Å². The first-order valence-electron chi connectivity index (χ1n) is 11.8. The fourth-order valence-electron chi connectivity index (χ4n) is 4.07. The van der Waals surface area contributed by atoms with E-state index in [9.17, 15) is 9.90 Å². The number of hydrogen-bond acceptors (Lipinski definition) is 7. The van der Waals surface area contributed by atoms with Crippen LogP contribution in [0.2, 0.25) is 5.02 Å². The smallest absolute Gasteiger partial charge is 0.270 e. The number of aryl methyl sites for hydroxylation is 1. The highest BCUT2D eigenvalue weighted by Gasteiger charge is 2.26. The van der Waals surface area contributed by atoms with Crippen molar-refractivity contribution >= 4 is 11.6 Å². The summed E-state index contributed by atoms with van der Waals surface area (Å²) in [6, 6.07) is 13.1. The largest absolute Gasteiger partial charge is 0.493 e. The lowest BCUT2D eigenvalue weighted by atomic mass is 10.0. The molecular weight excluding hydrogens is 466 g/mol. The van der Waals surface area contributed by atoms with Crippen molar-refractivity contribution in [2.45, 2.75) is 58.4 Å². The van der Waals surface area contributed by atoms with E-state index in [1.54, 1.807) is 16.7 Å². The fourth-order valence-corrected chi connectivity index (χ4v) is 4.18. The average molecular weight is 494 g/mol. The number of halogens is 1. The van der Waals surface area contributed by atoms with Crippen LogP contribution in [0.3, 0.4) is 0 Å². The molecule has 182 valence electrons. The van der Waals surface area contributed by atoms with Crippen LogP contribution in [0, 0.1) is 0 Å². The van der Waals surface area contributed by atoms with E-state index in [-0.39, 0.29) is 29.8 Å². The molecule has 3 aromatic heterocycles. The van der Waals surface area contributed by atoms with Gasteiger partial charge in [-0.1, -0.05) is 68.6 Å². The summed E-state index contributed by atoms with van der Waals surface area (Å²) in [7, 11) is 0. The molecule has 9 heteroatoms. The fraction of sp³-hybridized carbons (Fsp3) is 0.346. The molecule has 0 spiro atoms. The van der Waals surface area contributed by atoms with Gasteiger partial charge in [-0.05, 0) is 30.5 Å². The van der Waals surface area contributed by atoms with Crippen LogP contribution in [-0.2, 0) is 12.8 Å². The minimum atomic E-state index is -0.402.